The highest BCUT2D eigenvalue weighted by atomic mass is 32.1. The van der Waals surface area contributed by atoms with Gasteiger partial charge in [-0.1, -0.05) is 36.4 Å². The number of Topliss-reactive ketones (excluding diaryl/α,β-unsaturated/α-hetero) is 1. The Hall–Kier alpha value is -3.49. The molecule has 0 radical (unpaired) electrons. The molecule has 0 atom stereocenters. The Labute approximate surface area is 206 Å². The maximum Gasteiger partial charge on any atom is 0.250 e. The summed E-state index contributed by atoms with van der Waals surface area (Å²) < 4.78 is 1.82. The molecule has 0 saturated carbocycles. The fraction of sp³-hybridized carbons (Fsp3) is 0.192. The number of amides is 2. The lowest BCUT2D eigenvalue weighted by Crippen LogP contribution is -2.36. The highest BCUT2D eigenvalue weighted by Gasteiger charge is 2.24. The van der Waals surface area contributed by atoms with E-state index in [4.69, 9.17) is 5.73 Å². The maximum absolute atomic E-state index is 13.5. The molecule has 1 aromatic carbocycles. The van der Waals surface area contributed by atoms with Crippen molar-refractivity contribution in [2.45, 2.75) is 26.4 Å². The molecule has 0 unspecified atom stereocenters. The van der Waals surface area contributed by atoms with Crippen molar-refractivity contribution in [1.29, 1.82) is 0 Å². The maximum atomic E-state index is 13.5. The van der Waals surface area contributed by atoms with Gasteiger partial charge in [0, 0.05) is 17.1 Å². The first-order valence-electron chi connectivity index (χ1n) is 10.8. The average molecular weight is 492 g/mol. The molecule has 0 saturated heterocycles. The predicted octanol–water partition coefficient (Wildman–Crippen LogP) is 4.52. The lowest BCUT2D eigenvalue weighted by Gasteiger charge is -2.23. The van der Waals surface area contributed by atoms with Crippen LogP contribution >= 0.6 is 22.7 Å². The standard InChI is InChI=1S/C26H25N3O3S2/c1-18-22(26(27)32)13-23(29(18)15-21-8-5-10-34-21)24(30)16-28(14-19-6-3-2-4-7-19)25(31)12-20-9-11-33-17-20/h2-11,13,17H,12,14-16H2,1H3,(H2,27,32). The zero-order chi connectivity index (χ0) is 24.1. The van der Waals surface area contributed by atoms with Gasteiger partial charge in [-0.2, -0.15) is 11.3 Å². The number of carbonyl (C=O) groups excluding carboxylic acids is 3. The molecule has 0 bridgehead atoms. The van der Waals surface area contributed by atoms with Crippen molar-refractivity contribution in [3.63, 3.8) is 0 Å². The molecule has 0 aliphatic carbocycles. The molecular formula is C26H25N3O3S2. The molecule has 3 aromatic heterocycles. The van der Waals surface area contributed by atoms with Gasteiger partial charge >= 0.3 is 0 Å². The summed E-state index contributed by atoms with van der Waals surface area (Å²) in [5.41, 5.74) is 8.78. The number of ketones is 1. The van der Waals surface area contributed by atoms with E-state index in [1.165, 1.54) is 11.3 Å². The van der Waals surface area contributed by atoms with Crippen LogP contribution in [0.15, 0.2) is 70.7 Å². The fourth-order valence-corrected chi connectivity index (χ4v) is 5.22. The van der Waals surface area contributed by atoms with Crippen LogP contribution in [0.3, 0.4) is 0 Å². The molecule has 4 rings (SSSR count). The summed E-state index contributed by atoms with van der Waals surface area (Å²) in [5, 5.41) is 5.84. The zero-order valence-corrected chi connectivity index (χ0v) is 20.4. The van der Waals surface area contributed by atoms with Crippen LogP contribution in [0.2, 0.25) is 0 Å². The van der Waals surface area contributed by atoms with Crippen LogP contribution in [0.4, 0.5) is 0 Å². The van der Waals surface area contributed by atoms with Gasteiger partial charge in [0.05, 0.1) is 30.8 Å². The Morgan fingerprint density at radius 1 is 1.00 bits per heavy atom. The van der Waals surface area contributed by atoms with Crippen LogP contribution < -0.4 is 5.73 Å². The van der Waals surface area contributed by atoms with Gasteiger partial charge in [0.25, 0.3) is 5.91 Å². The van der Waals surface area contributed by atoms with Gasteiger partial charge in [0.15, 0.2) is 5.78 Å². The first kappa shape index (κ1) is 23.7. The van der Waals surface area contributed by atoms with Crippen LogP contribution in [0.5, 0.6) is 0 Å². The van der Waals surface area contributed by atoms with Crippen LogP contribution in [0, 0.1) is 6.92 Å². The topological polar surface area (TPSA) is 85.4 Å². The van der Waals surface area contributed by atoms with E-state index in [0.29, 0.717) is 30.0 Å². The van der Waals surface area contributed by atoms with Crippen LogP contribution in [0.25, 0.3) is 0 Å². The van der Waals surface area contributed by atoms with Gasteiger partial charge in [-0.15, -0.1) is 11.3 Å². The fourth-order valence-electron chi connectivity index (χ4n) is 3.86. The van der Waals surface area contributed by atoms with E-state index < -0.39 is 5.91 Å². The molecule has 2 N–H and O–H groups in total. The van der Waals surface area contributed by atoms with Gasteiger partial charge < -0.3 is 15.2 Å². The number of benzene rings is 1. The minimum atomic E-state index is -0.578. The van der Waals surface area contributed by atoms with Gasteiger partial charge in [-0.05, 0) is 52.4 Å². The molecule has 4 aromatic rings. The number of nitrogens with two attached hydrogens (primary N) is 1. The first-order chi connectivity index (χ1) is 16.4. The van der Waals surface area contributed by atoms with Crippen molar-refractivity contribution in [2.75, 3.05) is 6.54 Å². The van der Waals surface area contributed by atoms with Crippen molar-refractivity contribution in [2.24, 2.45) is 5.73 Å². The van der Waals surface area contributed by atoms with E-state index in [1.807, 2.05) is 69.2 Å². The summed E-state index contributed by atoms with van der Waals surface area (Å²) in [4.78, 5) is 41.4. The SMILES string of the molecule is Cc1c(C(N)=O)cc(C(=O)CN(Cc2ccccc2)C(=O)Cc2ccsc2)n1Cc1cccs1. The van der Waals surface area contributed by atoms with Gasteiger partial charge in [0.2, 0.25) is 5.91 Å². The second-order valence-corrected chi connectivity index (χ2v) is 9.84. The Morgan fingerprint density at radius 3 is 2.44 bits per heavy atom. The van der Waals surface area contributed by atoms with E-state index in [9.17, 15) is 14.4 Å². The monoisotopic (exact) mass is 491 g/mol. The number of aromatic nitrogens is 1. The predicted molar refractivity (Wildman–Crippen MR) is 135 cm³/mol. The van der Waals surface area contributed by atoms with Gasteiger partial charge in [0.1, 0.15) is 0 Å². The summed E-state index contributed by atoms with van der Waals surface area (Å²) in [6.07, 6.45) is 0.228. The lowest BCUT2D eigenvalue weighted by molar-refractivity contribution is -0.130. The summed E-state index contributed by atoms with van der Waals surface area (Å²) in [6, 6.07) is 17.0. The van der Waals surface area contributed by atoms with E-state index in [1.54, 1.807) is 29.2 Å². The van der Waals surface area contributed by atoms with Crippen molar-refractivity contribution in [1.82, 2.24) is 9.47 Å². The highest BCUT2D eigenvalue weighted by Crippen LogP contribution is 2.21. The largest absolute Gasteiger partial charge is 0.366 e. The molecule has 174 valence electrons. The second-order valence-electron chi connectivity index (χ2n) is 8.03. The minimum Gasteiger partial charge on any atom is -0.366 e. The molecule has 0 spiro atoms. The third kappa shape index (κ3) is 5.52. The van der Waals surface area contributed by atoms with E-state index >= 15 is 0 Å². The second kappa shape index (κ2) is 10.6. The summed E-state index contributed by atoms with van der Waals surface area (Å²) in [7, 11) is 0. The smallest absolute Gasteiger partial charge is 0.250 e. The molecule has 0 fully saturated rings. The molecule has 6 nitrogen and oxygen atoms in total. The Balaban J connectivity index is 1.63. The number of hydrogen-bond donors (Lipinski definition) is 1. The zero-order valence-electron chi connectivity index (χ0n) is 18.8. The van der Waals surface area contributed by atoms with Gasteiger partial charge in [-0.3, -0.25) is 14.4 Å². The molecular weight excluding hydrogens is 466 g/mol. The Bertz CT molecular complexity index is 1280. The molecule has 0 aliphatic heterocycles. The van der Waals surface area contributed by atoms with Crippen LogP contribution in [0.1, 0.15) is 42.5 Å². The summed E-state index contributed by atoms with van der Waals surface area (Å²) >= 11 is 3.11. The van der Waals surface area contributed by atoms with E-state index in [2.05, 4.69) is 0 Å². The van der Waals surface area contributed by atoms with Crippen molar-refractivity contribution >= 4 is 40.3 Å². The normalized spacial score (nSPS) is 10.9. The van der Waals surface area contributed by atoms with E-state index in [0.717, 1.165) is 16.0 Å². The molecule has 0 aliphatic rings. The van der Waals surface area contributed by atoms with Crippen molar-refractivity contribution in [3.8, 4) is 0 Å². The lowest BCUT2D eigenvalue weighted by atomic mass is 10.1. The van der Waals surface area contributed by atoms with Crippen LogP contribution in [-0.2, 0) is 24.3 Å². The number of thiophene rings is 2. The van der Waals surface area contributed by atoms with Crippen LogP contribution in [-0.4, -0.2) is 33.6 Å². The molecule has 34 heavy (non-hydrogen) atoms. The number of primary amides is 1. The molecule has 2 amide bonds. The highest BCUT2D eigenvalue weighted by molar-refractivity contribution is 7.09. The van der Waals surface area contributed by atoms with Gasteiger partial charge in [-0.25, -0.2) is 0 Å². The Morgan fingerprint density at radius 2 is 1.79 bits per heavy atom. The van der Waals surface area contributed by atoms with E-state index in [-0.39, 0.29) is 24.7 Å². The number of nitrogens with zero attached hydrogens (tertiary/aromatic N) is 2. The number of rotatable bonds is 10. The van der Waals surface area contributed by atoms with Crippen molar-refractivity contribution < 1.29 is 14.4 Å². The Kier molecular flexibility index (Phi) is 7.40. The quantitative estimate of drug-likeness (QED) is 0.331. The third-order valence-electron chi connectivity index (χ3n) is 5.65. The minimum absolute atomic E-state index is 0.0933. The first-order valence-corrected chi connectivity index (χ1v) is 12.6. The molecule has 3 heterocycles. The number of hydrogen-bond acceptors (Lipinski definition) is 5. The van der Waals surface area contributed by atoms with Crippen molar-refractivity contribution in [3.05, 3.63) is 104 Å². The molecule has 8 heteroatoms. The summed E-state index contributed by atoms with van der Waals surface area (Å²) in [6.45, 7) is 2.47. The summed E-state index contributed by atoms with van der Waals surface area (Å²) in [5.74, 6) is -0.938. The third-order valence-corrected chi connectivity index (χ3v) is 7.24. The number of carbonyl (C=O) groups is 3. The average Bonchev–Trinajstić information content (AvgIpc) is 3.57.